The first-order valence-corrected chi connectivity index (χ1v) is 4.22. The van der Waals surface area contributed by atoms with E-state index in [2.05, 4.69) is 5.32 Å². The van der Waals surface area contributed by atoms with Crippen molar-refractivity contribution in [1.29, 1.82) is 0 Å². The van der Waals surface area contributed by atoms with Gasteiger partial charge in [-0.2, -0.15) is 0 Å². The fraction of sp³-hybridized carbons (Fsp3) is 1.00. The van der Waals surface area contributed by atoms with E-state index in [0.29, 0.717) is 6.23 Å². The molecule has 1 N–H and O–H groups in total. The van der Waals surface area contributed by atoms with E-state index in [-0.39, 0.29) is 0 Å². The summed E-state index contributed by atoms with van der Waals surface area (Å²) in [5.74, 6) is 0. The molecule has 2 heteroatoms. The monoisotopic (exact) mass is 145 g/mol. The lowest BCUT2D eigenvalue weighted by Crippen LogP contribution is -2.31. The van der Waals surface area contributed by atoms with Crippen LogP contribution in [0.5, 0.6) is 0 Å². The van der Waals surface area contributed by atoms with Crippen molar-refractivity contribution in [2.24, 2.45) is 0 Å². The smallest absolute Gasteiger partial charge is 0.107 e. The van der Waals surface area contributed by atoms with Gasteiger partial charge >= 0.3 is 0 Å². The Bertz CT molecular complexity index is 60.3. The first-order chi connectivity index (χ1) is 4.93. The normalized spacial score (nSPS) is 24.9. The van der Waals surface area contributed by atoms with E-state index < -0.39 is 0 Å². The summed E-state index contributed by atoms with van der Waals surface area (Å²) in [5, 5.41) is 3.08. The van der Waals surface area contributed by atoms with Gasteiger partial charge in [0.2, 0.25) is 0 Å². The number of nitrogens with one attached hydrogen (secondary N) is 1. The van der Waals surface area contributed by atoms with Gasteiger partial charge in [0, 0.05) is 6.61 Å². The molecule has 0 aliphatic carbocycles. The Kier molecular flexibility index (Phi) is 6.98. The average Bonchev–Trinajstić information content (AvgIpc) is 2.10. The van der Waals surface area contributed by atoms with Gasteiger partial charge in [-0.3, -0.25) is 5.32 Å². The maximum absolute atomic E-state index is 5.32. The van der Waals surface area contributed by atoms with E-state index in [1.165, 1.54) is 19.3 Å². The third kappa shape index (κ3) is 3.85. The first kappa shape index (κ1) is 9.92. The number of hydrogen-bond acceptors (Lipinski definition) is 2. The minimum Gasteiger partial charge on any atom is -0.363 e. The standard InChI is InChI=1S/C6H13NO.C2H6/c1-7-6-4-2-3-5-8-6;1-2/h6-7H,2-5H2,1H3;1-2H3. The van der Waals surface area contributed by atoms with Crippen LogP contribution < -0.4 is 5.32 Å². The molecule has 1 atom stereocenters. The lowest BCUT2D eigenvalue weighted by atomic mass is 10.2. The Morgan fingerprint density at radius 1 is 1.30 bits per heavy atom. The number of hydrogen-bond donors (Lipinski definition) is 1. The van der Waals surface area contributed by atoms with Crippen LogP contribution in [0, 0.1) is 0 Å². The predicted molar refractivity (Wildman–Crippen MR) is 44.0 cm³/mol. The van der Waals surface area contributed by atoms with E-state index in [0.717, 1.165) is 6.61 Å². The second kappa shape index (κ2) is 7.03. The van der Waals surface area contributed by atoms with Gasteiger partial charge in [0.05, 0.1) is 0 Å². The molecule has 1 unspecified atom stereocenters. The maximum atomic E-state index is 5.32. The largest absolute Gasteiger partial charge is 0.363 e. The van der Waals surface area contributed by atoms with Crippen LogP contribution in [-0.2, 0) is 4.74 Å². The summed E-state index contributed by atoms with van der Waals surface area (Å²) in [6.45, 7) is 4.94. The van der Waals surface area contributed by atoms with Crippen molar-refractivity contribution in [3.05, 3.63) is 0 Å². The Balaban J connectivity index is 0.000000371. The van der Waals surface area contributed by atoms with Crippen LogP contribution in [0.15, 0.2) is 0 Å². The van der Waals surface area contributed by atoms with E-state index in [1.54, 1.807) is 0 Å². The highest BCUT2D eigenvalue weighted by molar-refractivity contribution is 4.57. The van der Waals surface area contributed by atoms with Crippen LogP contribution in [0.2, 0.25) is 0 Å². The molecule has 0 aromatic heterocycles. The zero-order valence-electron chi connectivity index (χ0n) is 7.31. The Morgan fingerprint density at radius 3 is 2.30 bits per heavy atom. The predicted octanol–water partition coefficient (Wildman–Crippen LogP) is 1.76. The van der Waals surface area contributed by atoms with Gasteiger partial charge in [-0.05, 0) is 26.3 Å². The fourth-order valence-corrected chi connectivity index (χ4v) is 0.968. The Labute approximate surface area is 64.0 Å². The molecule has 0 aromatic carbocycles. The van der Waals surface area contributed by atoms with Gasteiger partial charge < -0.3 is 4.74 Å². The van der Waals surface area contributed by atoms with Crippen molar-refractivity contribution in [2.75, 3.05) is 13.7 Å². The molecule has 1 fully saturated rings. The molecule has 0 radical (unpaired) electrons. The zero-order chi connectivity index (χ0) is 7.82. The summed E-state index contributed by atoms with van der Waals surface area (Å²) in [4.78, 5) is 0. The molecule has 0 amide bonds. The molecule has 0 saturated carbocycles. The summed E-state index contributed by atoms with van der Waals surface area (Å²) in [6, 6.07) is 0. The molecule has 0 bridgehead atoms. The van der Waals surface area contributed by atoms with E-state index in [4.69, 9.17) is 4.74 Å². The molecule has 0 spiro atoms. The summed E-state index contributed by atoms with van der Waals surface area (Å²) in [7, 11) is 1.94. The second-order valence-electron chi connectivity index (χ2n) is 2.14. The van der Waals surface area contributed by atoms with Crippen LogP contribution in [-0.4, -0.2) is 19.9 Å². The van der Waals surface area contributed by atoms with E-state index >= 15 is 0 Å². The minimum absolute atomic E-state index is 0.337. The quantitative estimate of drug-likeness (QED) is 0.607. The summed E-state index contributed by atoms with van der Waals surface area (Å²) >= 11 is 0. The summed E-state index contributed by atoms with van der Waals surface area (Å²) < 4.78 is 5.32. The Morgan fingerprint density at radius 2 is 2.00 bits per heavy atom. The topological polar surface area (TPSA) is 21.3 Å². The molecule has 0 aromatic rings. The van der Waals surface area contributed by atoms with Crippen molar-refractivity contribution in [3.63, 3.8) is 0 Å². The molecule has 1 aliphatic rings. The van der Waals surface area contributed by atoms with Crippen molar-refractivity contribution >= 4 is 0 Å². The molecule has 10 heavy (non-hydrogen) atoms. The lowest BCUT2D eigenvalue weighted by Gasteiger charge is -2.21. The molecule has 62 valence electrons. The fourth-order valence-electron chi connectivity index (χ4n) is 0.968. The molecule has 1 aliphatic heterocycles. The van der Waals surface area contributed by atoms with Gasteiger partial charge in [-0.15, -0.1) is 0 Å². The molecular weight excluding hydrogens is 126 g/mol. The zero-order valence-corrected chi connectivity index (χ0v) is 7.31. The highest BCUT2D eigenvalue weighted by atomic mass is 16.5. The lowest BCUT2D eigenvalue weighted by molar-refractivity contribution is -0.000317. The third-order valence-corrected chi connectivity index (χ3v) is 1.50. The minimum atomic E-state index is 0.337. The molecule has 1 heterocycles. The van der Waals surface area contributed by atoms with Gasteiger partial charge in [-0.1, -0.05) is 13.8 Å². The average molecular weight is 145 g/mol. The Hall–Kier alpha value is -0.0800. The van der Waals surface area contributed by atoms with Crippen molar-refractivity contribution in [1.82, 2.24) is 5.32 Å². The van der Waals surface area contributed by atoms with Gasteiger partial charge in [0.1, 0.15) is 6.23 Å². The number of ether oxygens (including phenoxy) is 1. The van der Waals surface area contributed by atoms with Crippen LogP contribution in [0.4, 0.5) is 0 Å². The molecular formula is C8H19NO. The molecule has 1 rings (SSSR count). The van der Waals surface area contributed by atoms with Crippen molar-refractivity contribution in [3.8, 4) is 0 Å². The maximum Gasteiger partial charge on any atom is 0.107 e. The highest BCUT2D eigenvalue weighted by Gasteiger charge is 2.09. The first-order valence-electron chi connectivity index (χ1n) is 4.22. The van der Waals surface area contributed by atoms with Crippen molar-refractivity contribution in [2.45, 2.75) is 39.3 Å². The summed E-state index contributed by atoms with van der Waals surface area (Å²) in [5.41, 5.74) is 0. The molecule has 2 nitrogen and oxygen atoms in total. The van der Waals surface area contributed by atoms with Crippen LogP contribution in [0.1, 0.15) is 33.1 Å². The number of rotatable bonds is 1. The second-order valence-corrected chi connectivity index (χ2v) is 2.14. The van der Waals surface area contributed by atoms with Gasteiger partial charge in [0.25, 0.3) is 0 Å². The SMILES string of the molecule is CC.CNC1CCCCO1. The molecule has 1 saturated heterocycles. The third-order valence-electron chi connectivity index (χ3n) is 1.50. The highest BCUT2D eigenvalue weighted by Crippen LogP contribution is 2.08. The van der Waals surface area contributed by atoms with Crippen LogP contribution in [0.25, 0.3) is 0 Å². The van der Waals surface area contributed by atoms with Gasteiger partial charge in [0.15, 0.2) is 0 Å². The van der Waals surface area contributed by atoms with Crippen LogP contribution in [0.3, 0.4) is 0 Å². The van der Waals surface area contributed by atoms with E-state index in [1.807, 2.05) is 20.9 Å². The van der Waals surface area contributed by atoms with Crippen molar-refractivity contribution < 1.29 is 4.74 Å². The van der Waals surface area contributed by atoms with Crippen LogP contribution >= 0.6 is 0 Å². The van der Waals surface area contributed by atoms with Gasteiger partial charge in [-0.25, -0.2) is 0 Å². The summed E-state index contributed by atoms with van der Waals surface area (Å²) in [6.07, 6.45) is 4.06. The van der Waals surface area contributed by atoms with E-state index in [9.17, 15) is 0 Å².